The van der Waals surface area contributed by atoms with Gasteiger partial charge in [-0.3, -0.25) is 0 Å². The number of hydrogen-bond donors (Lipinski definition) is 0. The van der Waals surface area contributed by atoms with Gasteiger partial charge in [-0.05, 0) is 25.1 Å². The first-order chi connectivity index (χ1) is 10.5. The number of aryl methyl sites for hydroxylation is 1. The van der Waals surface area contributed by atoms with Gasteiger partial charge < -0.3 is 21.6 Å². The molecule has 0 fully saturated rings. The standard InChI is InChI=1S/C16H11INO3S.ClH.Li/c1-11-4-6-12(7-5-11)22(19,20)21-15-9-8-14(17)13-3-2-10-18-16(13)15;;/h2-8,10H,1H3;1H;/q-1;;+1/p-1. The van der Waals surface area contributed by atoms with E-state index in [-0.39, 0.29) is 41.9 Å². The molecule has 4 nitrogen and oxygen atoms in total. The number of benzene rings is 2. The van der Waals surface area contributed by atoms with Crippen molar-refractivity contribution < 1.29 is 43.9 Å². The van der Waals surface area contributed by atoms with Crippen LogP contribution in [0.5, 0.6) is 5.75 Å². The Morgan fingerprint density at radius 1 is 1.17 bits per heavy atom. The van der Waals surface area contributed by atoms with Crippen LogP contribution in [0.25, 0.3) is 10.9 Å². The second-order valence-corrected chi connectivity index (χ2v) is 7.42. The van der Waals surface area contributed by atoms with Gasteiger partial charge in [-0.1, -0.05) is 32.7 Å². The van der Waals surface area contributed by atoms with E-state index >= 15 is 0 Å². The molecular formula is C16H11ClILiNO3S-. The predicted octanol–water partition coefficient (Wildman–Crippen LogP) is -2.28. The number of halogens is 2. The van der Waals surface area contributed by atoms with Gasteiger partial charge in [0.25, 0.3) is 0 Å². The summed E-state index contributed by atoms with van der Waals surface area (Å²) >= 11 is 2.15. The van der Waals surface area contributed by atoms with Crippen LogP contribution in [0.3, 0.4) is 0 Å². The zero-order valence-corrected chi connectivity index (χ0v) is 16.7. The maximum Gasteiger partial charge on any atom is 1.00 e. The van der Waals surface area contributed by atoms with Crippen LogP contribution in [0.1, 0.15) is 5.56 Å². The van der Waals surface area contributed by atoms with Gasteiger partial charge in [-0.15, -0.1) is 28.7 Å². The van der Waals surface area contributed by atoms with Crippen LogP contribution >= 0.6 is 22.6 Å². The fourth-order valence-corrected chi connectivity index (χ4v) is 3.48. The fraction of sp³-hybridized carbons (Fsp3) is 0.0625. The number of rotatable bonds is 3. The molecule has 1 aromatic heterocycles. The molecule has 2 aromatic carbocycles. The molecule has 0 N–H and O–H groups in total. The first kappa shape index (κ1) is 21.3. The van der Waals surface area contributed by atoms with Crippen molar-refractivity contribution in [3.05, 3.63) is 63.9 Å². The Balaban J connectivity index is 0.00000144. The van der Waals surface area contributed by atoms with E-state index in [0.29, 0.717) is 5.52 Å². The molecule has 0 amide bonds. The first-order valence-electron chi connectivity index (χ1n) is 6.43. The van der Waals surface area contributed by atoms with Crippen molar-refractivity contribution in [2.24, 2.45) is 0 Å². The monoisotopic (exact) mass is 466 g/mol. The Kier molecular flexibility index (Phi) is 7.57. The van der Waals surface area contributed by atoms with Crippen molar-refractivity contribution in [3.8, 4) is 5.75 Å². The van der Waals surface area contributed by atoms with E-state index in [4.69, 9.17) is 4.18 Å². The van der Waals surface area contributed by atoms with Crippen molar-refractivity contribution in [2.75, 3.05) is 0 Å². The largest absolute Gasteiger partial charge is 1.00 e. The molecule has 3 aromatic rings. The number of hydrogen-bond acceptors (Lipinski definition) is 4. The topological polar surface area (TPSA) is 56.3 Å². The normalized spacial score (nSPS) is 10.6. The zero-order valence-electron chi connectivity index (χ0n) is 13.0. The quantitative estimate of drug-likeness (QED) is 0.189. The molecule has 0 radical (unpaired) electrons. The van der Waals surface area contributed by atoms with Gasteiger partial charge in [0.2, 0.25) is 0 Å². The maximum absolute atomic E-state index is 12.4. The minimum Gasteiger partial charge on any atom is -1.00 e. The Labute approximate surface area is 172 Å². The van der Waals surface area contributed by atoms with Gasteiger partial charge in [-0.2, -0.15) is 14.5 Å². The third kappa shape index (κ3) is 4.44. The van der Waals surface area contributed by atoms with Crippen molar-refractivity contribution in [1.82, 2.24) is 4.98 Å². The van der Waals surface area contributed by atoms with Crippen molar-refractivity contribution >= 4 is 43.6 Å². The predicted molar refractivity (Wildman–Crippen MR) is 92.3 cm³/mol. The molecule has 0 saturated heterocycles. The molecule has 0 aliphatic heterocycles. The fourth-order valence-electron chi connectivity index (χ4n) is 1.98. The van der Waals surface area contributed by atoms with Crippen molar-refractivity contribution in [1.29, 1.82) is 0 Å². The van der Waals surface area contributed by atoms with E-state index in [0.717, 1.165) is 14.5 Å². The van der Waals surface area contributed by atoms with E-state index in [2.05, 4.69) is 33.6 Å². The minimum absolute atomic E-state index is 0. The summed E-state index contributed by atoms with van der Waals surface area (Å²) in [4.78, 5) is 4.31. The van der Waals surface area contributed by atoms with Gasteiger partial charge in [0.15, 0.2) is 0 Å². The Bertz CT molecular complexity index is 949. The molecule has 0 aliphatic rings. The maximum atomic E-state index is 12.4. The van der Waals surface area contributed by atoms with Gasteiger partial charge >= 0.3 is 29.0 Å². The van der Waals surface area contributed by atoms with Crippen LogP contribution in [0.2, 0.25) is 0 Å². The number of nitrogens with zero attached hydrogens (tertiary/aromatic N) is 1. The Morgan fingerprint density at radius 2 is 1.83 bits per heavy atom. The van der Waals surface area contributed by atoms with Crippen LogP contribution in [0.15, 0.2) is 53.6 Å². The summed E-state index contributed by atoms with van der Waals surface area (Å²) in [7, 11) is -3.91. The van der Waals surface area contributed by atoms with E-state index in [1.807, 2.05) is 13.0 Å². The molecule has 0 spiro atoms. The molecule has 0 aliphatic carbocycles. The van der Waals surface area contributed by atoms with Crippen LogP contribution < -0.4 is 35.5 Å². The number of fused-ring (bicyclic) bond motifs is 1. The molecule has 0 atom stereocenters. The van der Waals surface area contributed by atoms with Gasteiger partial charge in [0.1, 0.15) is 4.90 Å². The summed E-state index contributed by atoms with van der Waals surface area (Å²) in [5.41, 5.74) is 1.46. The summed E-state index contributed by atoms with van der Waals surface area (Å²) in [6, 6.07) is 14.7. The SMILES string of the molecule is Cc1ccc(S(=O)(=O)Oc2[c-]cc(I)c3cccnc23)cc1.[Cl-].[Li+]. The summed E-state index contributed by atoms with van der Waals surface area (Å²) < 4.78 is 30.9. The van der Waals surface area contributed by atoms with Crippen LogP contribution in [-0.2, 0) is 10.1 Å². The van der Waals surface area contributed by atoms with Crippen molar-refractivity contribution in [3.63, 3.8) is 0 Å². The molecular weight excluding hydrogens is 456 g/mol. The van der Waals surface area contributed by atoms with Crippen LogP contribution in [0, 0.1) is 16.6 Å². The average Bonchev–Trinajstić information content (AvgIpc) is 2.51. The molecule has 8 heteroatoms. The third-order valence-electron chi connectivity index (χ3n) is 3.11. The van der Waals surface area contributed by atoms with E-state index in [1.165, 1.54) is 12.1 Å². The summed E-state index contributed by atoms with van der Waals surface area (Å²) in [5, 5.41) is 0.830. The molecule has 120 valence electrons. The van der Waals surface area contributed by atoms with Gasteiger partial charge in [-0.25, -0.2) is 0 Å². The Hall–Kier alpha value is -0.783. The minimum atomic E-state index is -3.91. The Morgan fingerprint density at radius 3 is 2.50 bits per heavy atom. The molecule has 1 heterocycles. The number of pyridine rings is 1. The van der Waals surface area contributed by atoms with E-state index < -0.39 is 10.1 Å². The van der Waals surface area contributed by atoms with Crippen LogP contribution in [-0.4, -0.2) is 13.4 Å². The second kappa shape index (κ2) is 8.54. The van der Waals surface area contributed by atoms with E-state index in [9.17, 15) is 8.42 Å². The molecule has 0 bridgehead atoms. The molecule has 3 rings (SSSR count). The average molecular weight is 467 g/mol. The summed E-state index contributed by atoms with van der Waals surface area (Å²) in [6.07, 6.45) is 1.59. The van der Waals surface area contributed by atoms with E-state index in [1.54, 1.807) is 30.5 Å². The third-order valence-corrected chi connectivity index (χ3v) is 5.24. The first-order valence-corrected chi connectivity index (χ1v) is 8.92. The zero-order chi connectivity index (χ0) is 15.7. The number of aromatic nitrogens is 1. The second-order valence-electron chi connectivity index (χ2n) is 4.72. The van der Waals surface area contributed by atoms with Crippen LogP contribution in [0.4, 0.5) is 0 Å². The molecule has 0 saturated carbocycles. The van der Waals surface area contributed by atoms with Gasteiger partial charge in [0.05, 0.1) is 5.75 Å². The smallest absolute Gasteiger partial charge is 1.00 e. The van der Waals surface area contributed by atoms with Crippen molar-refractivity contribution in [2.45, 2.75) is 11.8 Å². The van der Waals surface area contributed by atoms with Gasteiger partial charge in [0, 0.05) is 11.7 Å². The summed E-state index contributed by atoms with van der Waals surface area (Å²) in [5.74, 6) is 0.108. The molecule has 0 unspecified atom stereocenters. The molecule has 24 heavy (non-hydrogen) atoms. The summed E-state index contributed by atoms with van der Waals surface area (Å²) in [6.45, 7) is 1.89.